The predicted molar refractivity (Wildman–Crippen MR) is 68.2 cm³/mol. The van der Waals surface area contributed by atoms with Crippen LogP contribution in [0.1, 0.15) is 6.92 Å². The Morgan fingerprint density at radius 3 is 2.89 bits per heavy atom. The van der Waals surface area contributed by atoms with E-state index in [1.807, 2.05) is 0 Å². The van der Waals surface area contributed by atoms with Crippen LogP contribution in [-0.2, 0) is 16.6 Å². The summed E-state index contributed by atoms with van der Waals surface area (Å²) in [7, 11) is 1.80. The van der Waals surface area contributed by atoms with E-state index in [4.69, 9.17) is 4.74 Å². The van der Waals surface area contributed by atoms with Crippen molar-refractivity contribution in [2.45, 2.75) is 12.1 Å². The molecule has 0 unspecified atom stereocenters. The molecule has 0 aliphatic carbocycles. The van der Waals surface area contributed by atoms with Crippen molar-refractivity contribution < 1.29 is 14.3 Å². The number of nitrogens with zero attached hydrogens (tertiary/aromatic N) is 2. The van der Waals surface area contributed by atoms with Crippen molar-refractivity contribution in [3.8, 4) is 0 Å². The van der Waals surface area contributed by atoms with Crippen LogP contribution in [0.3, 0.4) is 0 Å². The molecule has 1 rings (SSSR count). The summed E-state index contributed by atoms with van der Waals surface area (Å²) in [5.74, 6) is -0.457. The van der Waals surface area contributed by atoms with Gasteiger partial charge < -0.3 is 14.6 Å². The van der Waals surface area contributed by atoms with Gasteiger partial charge >= 0.3 is 5.97 Å². The van der Waals surface area contributed by atoms with Crippen molar-refractivity contribution in [2.24, 2.45) is 7.05 Å². The number of amides is 1. The Kier molecular flexibility index (Phi) is 5.44. The third-order valence-corrected chi connectivity index (χ3v) is 2.82. The zero-order valence-corrected chi connectivity index (χ0v) is 11.1. The van der Waals surface area contributed by atoms with Crippen molar-refractivity contribution in [3.05, 3.63) is 24.5 Å². The first-order valence-corrected chi connectivity index (χ1v) is 6.08. The van der Waals surface area contributed by atoms with Crippen LogP contribution < -0.4 is 5.32 Å². The summed E-state index contributed by atoms with van der Waals surface area (Å²) in [6, 6.07) is 0. The van der Waals surface area contributed by atoms with Gasteiger partial charge in [-0.25, -0.2) is 9.78 Å². The molecule has 0 atom stereocenters. The van der Waals surface area contributed by atoms with Gasteiger partial charge in [-0.2, -0.15) is 0 Å². The van der Waals surface area contributed by atoms with Gasteiger partial charge in [0.15, 0.2) is 5.16 Å². The van der Waals surface area contributed by atoms with Crippen LogP contribution in [0, 0.1) is 0 Å². The van der Waals surface area contributed by atoms with E-state index in [2.05, 4.69) is 16.9 Å². The lowest BCUT2D eigenvalue weighted by molar-refractivity contribution is -0.138. The van der Waals surface area contributed by atoms with Gasteiger partial charge in [0.2, 0.25) is 0 Å². The van der Waals surface area contributed by atoms with E-state index in [-0.39, 0.29) is 18.4 Å². The summed E-state index contributed by atoms with van der Waals surface area (Å²) >= 11 is 0.986. The maximum atomic E-state index is 11.5. The fourth-order valence-corrected chi connectivity index (χ4v) is 1.65. The number of ether oxygens (including phenoxy) is 1. The summed E-state index contributed by atoms with van der Waals surface area (Å²) in [5, 5.41) is 2.97. The van der Waals surface area contributed by atoms with Crippen LogP contribution in [-0.4, -0.2) is 33.9 Å². The SMILES string of the molecule is C=C(C)C(=O)OCCNC(=O)Sc1nccn1C. The number of esters is 1. The van der Waals surface area contributed by atoms with Gasteiger partial charge in [-0.15, -0.1) is 0 Å². The summed E-state index contributed by atoms with van der Waals surface area (Å²) < 4.78 is 6.57. The van der Waals surface area contributed by atoms with E-state index in [1.54, 1.807) is 30.9 Å². The molecule has 0 aliphatic heterocycles. The van der Waals surface area contributed by atoms with Gasteiger partial charge in [0.25, 0.3) is 5.24 Å². The molecule has 0 radical (unpaired) electrons. The van der Waals surface area contributed by atoms with Gasteiger partial charge in [-0.05, 0) is 6.92 Å². The summed E-state index contributed by atoms with van der Waals surface area (Å²) in [6.07, 6.45) is 3.37. The maximum absolute atomic E-state index is 11.5. The molecule has 0 aliphatic rings. The van der Waals surface area contributed by atoms with Crippen molar-refractivity contribution >= 4 is 23.0 Å². The molecule has 0 saturated carbocycles. The van der Waals surface area contributed by atoms with Gasteiger partial charge in [0.1, 0.15) is 6.61 Å². The van der Waals surface area contributed by atoms with E-state index in [1.165, 1.54) is 0 Å². The largest absolute Gasteiger partial charge is 0.460 e. The van der Waals surface area contributed by atoms with Crippen molar-refractivity contribution in [1.82, 2.24) is 14.9 Å². The third kappa shape index (κ3) is 4.62. The molecule has 6 nitrogen and oxygen atoms in total. The number of nitrogens with one attached hydrogen (secondary N) is 1. The Morgan fingerprint density at radius 2 is 2.33 bits per heavy atom. The van der Waals surface area contributed by atoms with E-state index in [9.17, 15) is 9.59 Å². The number of imidazole rings is 1. The number of aromatic nitrogens is 2. The zero-order valence-electron chi connectivity index (χ0n) is 10.3. The number of carbonyl (C=O) groups is 2. The van der Waals surface area contributed by atoms with Crippen LogP contribution in [0.4, 0.5) is 4.79 Å². The Bertz CT molecular complexity index is 456. The molecule has 98 valence electrons. The second-order valence-corrected chi connectivity index (χ2v) is 4.49. The fraction of sp³-hybridized carbons (Fsp3) is 0.364. The van der Waals surface area contributed by atoms with E-state index < -0.39 is 5.97 Å². The molecule has 0 fully saturated rings. The lowest BCUT2D eigenvalue weighted by Crippen LogP contribution is -2.25. The molecule has 1 aromatic rings. The highest BCUT2D eigenvalue weighted by Gasteiger charge is 2.08. The summed E-state index contributed by atoms with van der Waals surface area (Å²) in [4.78, 5) is 26.5. The van der Waals surface area contributed by atoms with Gasteiger partial charge in [-0.1, -0.05) is 6.58 Å². The summed E-state index contributed by atoms with van der Waals surface area (Å²) in [6.45, 7) is 5.40. The van der Waals surface area contributed by atoms with E-state index in [0.717, 1.165) is 11.8 Å². The lowest BCUT2D eigenvalue weighted by atomic mass is 10.4. The quantitative estimate of drug-likeness (QED) is 0.378. The average molecular weight is 269 g/mol. The number of aryl methyl sites for hydroxylation is 1. The van der Waals surface area contributed by atoms with Gasteiger partial charge in [0, 0.05) is 36.8 Å². The minimum Gasteiger partial charge on any atom is -0.460 e. The standard InChI is InChI=1S/C11H15N3O3S/c1-8(2)9(15)17-7-5-13-11(16)18-10-12-4-6-14(10)3/h4,6H,1,5,7H2,2-3H3,(H,13,16). The predicted octanol–water partition coefficient (Wildman–Crippen LogP) is 1.34. The monoisotopic (exact) mass is 269 g/mol. The number of hydrogen-bond donors (Lipinski definition) is 1. The molecule has 1 N–H and O–H groups in total. The molecular weight excluding hydrogens is 254 g/mol. The molecule has 1 heterocycles. The number of carbonyl (C=O) groups excluding carboxylic acids is 2. The van der Waals surface area contributed by atoms with E-state index >= 15 is 0 Å². The van der Waals surface area contributed by atoms with Gasteiger partial charge in [0.05, 0.1) is 6.54 Å². The molecule has 0 saturated heterocycles. The van der Waals surface area contributed by atoms with Crippen LogP contribution in [0.5, 0.6) is 0 Å². The van der Waals surface area contributed by atoms with Crippen molar-refractivity contribution in [2.75, 3.05) is 13.2 Å². The Labute approximate surface area is 109 Å². The smallest absolute Gasteiger partial charge is 0.333 e. The normalized spacial score (nSPS) is 9.89. The zero-order chi connectivity index (χ0) is 13.5. The highest BCUT2D eigenvalue weighted by Crippen LogP contribution is 2.14. The van der Waals surface area contributed by atoms with Crippen LogP contribution in [0.25, 0.3) is 0 Å². The minimum atomic E-state index is -0.457. The number of hydrogen-bond acceptors (Lipinski definition) is 5. The first kappa shape index (κ1) is 14.3. The number of thioether (sulfide) groups is 1. The second-order valence-electron chi connectivity index (χ2n) is 3.55. The molecule has 18 heavy (non-hydrogen) atoms. The second kappa shape index (κ2) is 6.85. The van der Waals surface area contributed by atoms with Crippen LogP contribution in [0.2, 0.25) is 0 Å². The van der Waals surface area contributed by atoms with Crippen LogP contribution >= 0.6 is 11.8 Å². The molecule has 0 spiro atoms. The number of rotatable bonds is 5. The summed E-state index contributed by atoms with van der Waals surface area (Å²) in [5.41, 5.74) is 0.337. The topological polar surface area (TPSA) is 73.2 Å². The molecule has 0 aromatic carbocycles. The van der Waals surface area contributed by atoms with Gasteiger partial charge in [-0.3, -0.25) is 4.79 Å². The third-order valence-electron chi connectivity index (χ3n) is 1.91. The molecular formula is C11H15N3O3S. The fourth-order valence-electron chi connectivity index (χ4n) is 0.989. The van der Waals surface area contributed by atoms with E-state index in [0.29, 0.717) is 10.7 Å². The van der Waals surface area contributed by atoms with Crippen molar-refractivity contribution in [3.63, 3.8) is 0 Å². The first-order chi connectivity index (χ1) is 8.50. The minimum absolute atomic E-state index is 0.124. The van der Waals surface area contributed by atoms with Crippen molar-refractivity contribution in [1.29, 1.82) is 0 Å². The first-order valence-electron chi connectivity index (χ1n) is 5.26. The highest BCUT2D eigenvalue weighted by atomic mass is 32.2. The van der Waals surface area contributed by atoms with Crippen LogP contribution in [0.15, 0.2) is 29.7 Å². The lowest BCUT2D eigenvalue weighted by Gasteiger charge is -2.06. The maximum Gasteiger partial charge on any atom is 0.333 e. The Balaban J connectivity index is 2.20. The molecule has 1 aromatic heterocycles. The molecule has 7 heteroatoms. The highest BCUT2D eigenvalue weighted by molar-refractivity contribution is 8.13. The Hall–Kier alpha value is -1.76. The Morgan fingerprint density at radius 1 is 1.61 bits per heavy atom. The average Bonchev–Trinajstić information content (AvgIpc) is 2.70. The molecule has 0 bridgehead atoms. The molecule has 1 amide bonds.